The first kappa shape index (κ1) is 13.4. The summed E-state index contributed by atoms with van der Waals surface area (Å²) in [5, 5.41) is 10.3. The van der Waals surface area contributed by atoms with Gasteiger partial charge in [-0.05, 0) is 26.7 Å². The van der Waals surface area contributed by atoms with Gasteiger partial charge in [0.25, 0.3) is 0 Å². The van der Waals surface area contributed by atoms with Crippen LogP contribution >= 0.6 is 0 Å². The van der Waals surface area contributed by atoms with Crippen LogP contribution in [0, 0.1) is 5.41 Å². The lowest BCUT2D eigenvalue weighted by molar-refractivity contribution is -0.184. The number of alkyl halides is 2. The van der Waals surface area contributed by atoms with Crippen molar-refractivity contribution in [3.63, 3.8) is 0 Å². The third-order valence-corrected chi connectivity index (χ3v) is 3.67. The largest absolute Gasteiger partial charge is 0.469 e. The Hall–Kier alpha value is -0.710. The zero-order valence-electron chi connectivity index (χ0n) is 9.85. The molecule has 1 N–H and O–H groups in total. The SMILES string of the molecule is COC(=O)C(C)(C)C1(O)CCC(F)(F)CC1. The average molecular weight is 236 g/mol. The number of esters is 1. The molecule has 94 valence electrons. The van der Waals surface area contributed by atoms with E-state index in [0.29, 0.717) is 0 Å². The fourth-order valence-corrected chi connectivity index (χ4v) is 2.10. The van der Waals surface area contributed by atoms with Crippen molar-refractivity contribution in [1.82, 2.24) is 0 Å². The molecule has 0 amide bonds. The van der Waals surface area contributed by atoms with Crippen LogP contribution in [0.15, 0.2) is 0 Å². The second-order valence-electron chi connectivity index (χ2n) is 5.00. The van der Waals surface area contributed by atoms with Crippen LogP contribution in [-0.2, 0) is 9.53 Å². The smallest absolute Gasteiger partial charge is 0.314 e. The molecular weight excluding hydrogens is 218 g/mol. The van der Waals surface area contributed by atoms with Crippen LogP contribution in [0.1, 0.15) is 39.5 Å². The third kappa shape index (κ3) is 2.19. The van der Waals surface area contributed by atoms with Gasteiger partial charge >= 0.3 is 5.97 Å². The van der Waals surface area contributed by atoms with Crippen molar-refractivity contribution in [2.24, 2.45) is 5.41 Å². The Bertz CT molecular complexity index is 277. The van der Waals surface area contributed by atoms with Crippen molar-refractivity contribution in [3.8, 4) is 0 Å². The standard InChI is InChI=1S/C11H18F2O3/c1-9(2,8(14)16-3)10(15)4-6-11(12,13)7-5-10/h15H,4-7H2,1-3H3. The Morgan fingerprint density at radius 2 is 1.69 bits per heavy atom. The lowest BCUT2D eigenvalue weighted by Crippen LogP contribution is -2.53. The summed E-state index contributed by atoms with van der Waals surface area (Å²) < 4.78 is 30.6. The fraction of sp³-hybridized carbons (Fsp3) is 0.909. The van der Waals surface area contributed by atoms with E-state index >= 15 is 0 Å². The topological polar surface area (TPSA) is 46.5 Å². The molecule has 1 fully saturated rings. The molecule has 0 aromatic heterocycles. The van der Waals surface area contributed by atoms with Gasteiger partial charge in [0.05, 0.1) is 18.1 Å². The first-order valence-corrected chi connectivity index (χ1v) is 5.33. The number of carbonyl (C=O) groups is 1. The van der Waals surface area contributed by atoms with Gasteiger partial charge in [-0.15, -0.1) is 0 Å². The lowest BCUT2D eigenvalue weighted by Gasteiger charge is -2.44. The highest BCUT2D eigenvalue weighted by Crippen LogP contribution is 2.47. The van der Waals surface area contributed by atoms with Gasteiger partial charge in [0.15, 0.2) is 0 Å². The minimum Gasteiger partial charge on any atom is -0.469 e. The van der Waals surface area contributed by atoms with E-state index in [4.69, 9.17) is 0 Å². The van der Waals surface area contributed by atoms with Gasteiger partial charge in [-0.25, -0.2) is 8.78 Å². The van der Waals surface area contributed by atoms with Gasteiger partial charge < -0.3 is 9.84 Å². The minimum absolute atomic E-state index is 0.0812. The van der Waals surface area contributed by atoms with E-state index in [2.05, 4.69) is 4.74 Å². The number of methoxy groups -OCH3 is 1. The molecule has 3 nitrogen and oxygen atoms in total. The van der Waals surface area contributed by atoms with Crippen LogP contribution in [0.5, 0.6) is 0 Å². The molecule has 16 heavy (non-hydrogen) atoms. The molecule has 0 aromatic carbocycles. The molecule has 0 heterocycles. The maximum atomic E-state index is 13.0. The number of hydrogen-bond acceptors (Lipinski definition) is 3. The molecule has 0 atom stereocenters. The number of rotatable bonds is 2. The first-order chi connectivity index (χ1) is 7.15. The van der Waals surface area contributed by atoms with Gasteiger partial charge in [-0.3, -0.25) is 4.79 Å². The second-order valence-corrected chi connectivity index (χ2v) is 5.00. The van der Waals surface area contributed by atoms with Crippen LogP contribution in [-0.4, -0.2) is 29.7 Å². The van der Waals surface area contributed by atoms with Crippen LogP contribution < -0.4 is 0 Å². The molecule has 1 aliphatic carbocycles. The van der Waals surface area contributed by atoms with E-state index in [1.807, 2.05) is 0 Å². The first-order valence-electron chi connectivity index (χ1n) is 5.33. The third-order valence-electron chi connectivity index (χ3n) is 3.67. The highest BCUT2D eigenvalue weighted by atomic mass is 19.3. The van der Waals surface area contributed by atoms with E-state index < -0.39 is 22.9 Å². The van der Waals surface area contributed by atoms with E-state index in [1.54, 1.807) is 0 Å². The van der Waals surface area contributed by atoms with Crippen LogP contribution in [0.3, 0.4) is 0 Å². The van der Waals surface area contributed by atoms with E-state index in [-0.39, 0.29) is 25.7 Å². The molecular formula is C11H18F2O3. The summed E-state index contributed by atoms with van der Waals surface area (Å²) >= 11 is 0. The van der Waals surface area contributed by atoms with Crippen LogP contribution in [0.25, 0.3) is 0 Å². The Labute approximate surface area is 93.8 Å². The van der Waals surface area contributed by atoms with Gasteiger partial charge in [0.1, 0.15) is 0 Å². The van der Waals surface area contributed by atoms with Gasteiger partial charge in [0, 0.05) is 12.8 Å². The molecule has 0 bridgehead atoms. The van der Waals surface area contributed by atoms with Gasteiger partial charge in [0.2, 0.25) is 5.92 Å². The molecule has 1 rings (SSSR count). The Morgan fingerprint density at radius 1 is 1.25 bits per heavy atom. The summed E-state index contributed by atoms with van der Waals surface area (Å²) in [5.41, 5.74) is -2.56. The van der Waals surface area contributed by atoms with E-state index in [0.717, 1.165) is 0 Å². The summed E-state index contributed by atoms with van der Waals surface area (Å²) in [5.74, 6) is -3.29. The molecule has 0 saturated heterocycles. The quantitative estimate of drug-likeness (QED) is 0.747. The van der Waals surface area contributed by atoms with Crippen molar-refractivity contribution in [2.75, 3.05) is 7.11 Å². The molecule has 1 saturated carbocycles. The minimum atomic E-state index is -2.72. The van der Waals surface area contributed by atoms with Crippen molar-refractivity contribution < 1.29 is 23.4 Å². The number of ether oxygens (including phenoxy) is 1. The van der Waals surface area contributed by atoms with E-state index in [1.165, 1.54) is 21.0 Å². The number of halogens is 2. The summed E-state index contributed by atoms with van der Waals surface area (Å²) in [6.45, 7) is 3.06. The maximum Gasteiger partial charge on any atom is 0.314 e. The molecule has 5 heteroatoms. The number of carbonyl (C=O) groups excluding carboxylic acids is 1. The molecule has 0 radical (unpaired) electrons. The van der Waals surface area contributed by atoms with E-state index in [9.17, 15) is 18.7 Å². The van der Waals surface area contributed by atoms with Gasteiger partial charge in [-0.1, -0.05) is 0 Å². The molecule has 1 aliphatic rings. The highest BCUT2D eigenvalue weighted by Gasteiger charge is 2.54. The molecule has 0 aliphatic heterocycles. The summed E-state index contributed by atoms with van der Waals surface area (Å²) in [6, 6.07) is 0. The normalized spacial score (nSPS) is 23.9. The predicted octanol–water partition coefficient (Wildman–Crippen LogP) is 2.13. The maximum absolute atomic E-state index is 13.0. The lowest BCUT2D eigenvalue weighted by atomic mass is 9.66. The van der Waals surface area contributed by atoms with Crippen LogP contribution in [0.4, 0.5) is 8.78 Å². The Kier molecular flexibility index (Phi) is 3.29. The number of hydrogen-bond donors (Lipinski definition) is 1. The van der Waals surface area contributed by atoms with Crippen molar-refractivity contribution in [3.05, 3.63) is 0 Å². The zero-order chi connectivity index (χ0) is 12.6. The van der Waals surface area contributed by atoms with Crippen LogP contribution in [0.2, 0.25) is 0 Å². The zero-order valence-corrected chi connectivity index (χ0v) is 9.85. The molecule has 0 aromatic rings. The monoisotopic (exact) mass is 236 g/mol. The van der Waals surface area contributed by atoms with Crippen molar-refractivity contribution >= 4 is 5.97 Å². The summed E-state index contributed by atoms with van der Waals surface area (Å²) in [7, 11) is 1.23. The highest BCUT2D eigenvalue weighted by molar-refractivity contribution is 5.77. The fourth-order valence-electron chi connectivity index (χ4n) is 2.10. The molecule has 0 unspecified atom stereocenters. The summed E-state index contributed by atoms with van der Waals surface area (Å²) in [6.07, 6.45) is -0.932. The average Bonchev–Trinajstić information content (AvgIpc) is 2.21. The number of aliphatic hydroxyl groups is 1. The van der Waals surface area contributed by atoms with Gasteiger partial charge in [-0.2, -0.15) is 0 Å². The second kappa shape index (κ2) is 3.95. The predicted molar refractivity (Wildman–Crippen MR) is 54.2 cm³/mol. The molecule has 0 spiro atoms. The Balaban J connectivity index is 2.84. The Morgan fingerprint density at radius 3 is 2.06 bits per heavy atom. The van der Waals surface area contributed by atoms with Crippen molar-refractivity contribution in [1.29, 1.82) is 0 Å². The summed E-state index contributed by atoms with van der Waals surface area (Å²) in [4.78, 5) is 11.5. The van der Waals surface area contributed by atoms with Crippen molar-refractivity contribution in [2.45, 2.75) is 51.1 Å².